The van der Waals surface area contributed by atoms with E-state index in [1.165, 1.54) is 11.1 Å². The first-order chi connectivity index (χ1) is 12.6. The number of nitrogen functional groups attached to an aromatic ring is 1. The fourth-order valence-corrected chi connectivity index (χ4v) is 2.84. The SMILES string of the molecule is Cc1cccc(CCNC(=O)N(c2ccccc2)c2ccc(N)cc2)c1. The number of carbonyl (C=O) groups excluding carboxylic acids is 1. The van der Waals surface area contributed by atoms with Gasteiger partial charge in [-0.1, -0.05) is 48.0 Å². The van der Waals surface area contributed by atoms with E-state index in [4.69, 9.17) is 5.73 Å². The number of carbonyl (C=O) groups is 1. The molecule has 0 unspecified atom stereocenters. The van der Waals surface area contributed by atoms with Crippen molar-refractivity contribution in [2.75, 3.05) is 17.2 Å². The van der Waals surface area contributed by atoms with Crippen LogP contribution in [0, 0.1) is 6.92 Å². The molecule has 0 saturated heterocycles. The fourth-order valence-electron chi connectivity index (χ4n) is 2.84. The number of hydrogen-bond acceptors (Lipinski definition) is 2. The number of aryl methyl sites for hydroxylation is 1. The predicted octanol–water partition coefficient (Wildman–Crippen LogP) is 4.67. The lowest BCUT2D eigenvalue weighted by atomic mass is 10.1. The molecule has 3 aromatic rings. The normalized spacial score (nSPS) is 10.3. The van der Waals surface area contributed by atoms with Gasteiger partial charge in [-0.2, -0.15) is 0 Å². The first-order valence-corrected chi connectivity index (χ1v) is 8.67. The summed E-state index contributed by atoms with van der Waals surface area (Å²) < 4.78 is 0. The van der Waals surface area contributed by atoms with Gasteiger partial charge in [0.25, 0.3) is 0 Å². The van der Waals surface area contributed by atoms with Crippen LogP contribution in [-0.2, 0) is 6.42 Å². The number of rotatable bonds is 5. The molecule has 0 bridgehead atoms. The summed E-state index contributed by atoms with van der Waals surface area (Å²) in [6, 6.07) is 25.1. The molecule has 0 radical (unpaired) electrons. The maximum atomic E-state index is 12.9. The molecule has 3 aromatic carbocycles. The van der Waals surface area contributed by atoms with Crippen molar-refractivity contribution in [3.05, 3.63) is 90.0 Å². The Morgan fingerprint density at radius 1 is 0.923 bits per heavy atom. The predicted molar refractivity (Wildman–Crippen MR) is 108 cm³/mol. The van der Waals surface area contributed by atoms with Crippen LogP contribution in [0.2, 0.25) is 0 Å². The van der Waals surface area contributed by atoms with Crippen molar-refractivity contribution >= 4 is 23.1 Å². The number of urea groups is 1. The van der Waals surface area contributed by atoms with Crippen molar-refractivity contribution in [3.63, 3.8) is 0 Å². The Hall–Kier alpha value is -3.27. The molecule has 0 heterocycles. The summed E-state index contributed by atoms with van der Waals surface area (Å²) in [5, 5.41) is 3.02. The van der Waals surface area contributed by atoms with Crippen LogP contribution in [-0.4, -0.2) is 12.6 Å². The minimum absolute atomic E-state index is 0.159. The monoisotopic (exact) mass is 345 g/mol. The maximum absolute atomic E-state index is 12.9. The number of nitrogens with one attached hydrogen (secondary N) is 1. The third kappa shape index (κ3) is 4.42. The summed E-state index contributed by atoms with van der Waals surface area (Å²) in [6.45, 7) is 2.64. The van der Waals surface area contributed by atoms with E-state index in [1.807, 2.05) is 48.5 Å². The van der Waals surface area contributed by atoms with Crippen molar-refractivity contribution in [2.45, 2.75) is 13.3 Å². The van der Waals surface area contributed by atoms with Crippen LogP contribution in [0.4, 0.5) is 21.9 Å². The second-order valence-corrected chi connectivity index (χ2v) is 6.23. The number of amides is 2. The molecule has 0 aliphatic heterocycles. The third-order valence-corrected chi connectivity index (χ3v) is 4.14. The molecule has 0 aliphatic carbocycles. The first-order valence-electron chi connectivity index (χ1n) is 8.67. The quantitative estimate of drug-likeness (QED) is 0.660. The number of hydrogen-bond donors (Lipinski definition) is 2. The second-order valence-electron chi connectivity index (χ2n) is 6.23. The molecular formula is C22H23N3O. The molecule has 0 aromatic heterocycles. The molecule has 0 fully saturated rings. The highest BCUT2D eigenvalue weighted by Gasteiger charge is 2.17. The fraction of sp³-hybridized carbons (Fsp3) is 0.136. The Bertz CT molecular complexity index is 860. The van der Waals surface area contributed by atoms with Crippen LogP contribution in [0.3, 0.4) is 0 Å². The lowest BCUT2D eigenvalue weighted by Crippen LogP contribution is -2.37. The molecular weight excluding hydrogens is 322 g/mol. The van der Waals surface area contributed by atoms with E-state index < -0.39 is 0 Å². The Morgan fingerprint density at radius 2 is 1.62 bits per heavy atom. The van der Waals surface area contributed by atoms with Crippen LogP contribution in [0.5, 0.6) is 0 Å². The van der Waals surface area contributed by atoms with Crippen molar-refractivity contribution in [1.82, 2.24) is 5.32 Å². The van der Waals surface area contributed by atoms with Gasteiger partial charge in [-0.3, -0.25) is 4.90 Å². The molecule has 3 rings (SSSR count). The summed E-state index contributed by atoms with van der Waals surface area (Å²) in [5.41, 5.74) is 10.5. The minimum atomic E-state index is -0.159. The zero-order chi connectivity index (χ0) is 18.4. The average molecular weight is 345 g/mol. The highest BCUT2D eigenvalue weighted by Crippen LogP contribution is 2.26. The van der Waals surface area contributed by atoms with Crippen LogP contribution in [0.25, 0.3) is 0 Å². The molecule has 0 saturated carbocycles. The van der Waals surface area contributed by atoms with Gasteiger partial charge in [0.05, 0.1) is 11.4 Å². The molecule has 4 nitrogen and oxygen atoms in total. The third-order valence-electron chi connectivity index (χ3n) is 4.14. The molecule has 26 heavy (non-hydrogen) atoms. The van der Waals surface area contributed by atoms with Crippen LogP contribution in [0.15, 0.2) is 78.9 Å². The largest absolute Gasteiger partial charge is 0.399 e. The van der Waals surface area contributed by atoms with E-state index in [1.54, 1.807) is 17.0 Å². The van der Waals surface area contributed by atoms with Crippen LogP contribution >= 0.6 is 0 Å². The number of para-hydroxylation sites is 1. The molecule has 132 valence electrons. The summed E-state index contributed by atoms with van der Waals surface area (Å²) in [6.07, 6.45) is 0.789. The molecule has 0 aliphatic rings. The molecule has 3 N–H and O–H groups in total. The first kappa shape index (κ1) is 17.5. The number of anilines is 3. The Morgan fingerprint density at radius 3 is 2.31 bits per heavy atom. The maximum Gasteiger partial charge on any atom is 0.326 e. The lowest BCUT2D eigenvalue weighted by Gasteiger charge is -2.23. The van der Waals surface area contributed by atoms with Crippen molar-refractivity contribution < 1.29 is 4.79 Å². The van der Waals surface area contributed by atoms with Gasteiger partial charge in [0.1, 0.15) is 0 Å². The zero-order valence-corrected chi connectivity index (χ0v) is 14.9. The zero-order valence-electron chi connectivity index (χ0n) is 14.9. The minimum Gasteiger partial charge on any atom is -0.399 e. The van der Waals surface area contributed by atoms with E-state index in [-0.39, 0.29) is 6.03 Å². The second kappa shape index (κ2) is 8.21. The number of benzene rings is 3. The smallest absolute Gasteiger partial charge is 0.326 e. The Kier molecular flexibility index (Phi) is 5.54. The number of nitrogens with zero attached hydrogens (tertiary/aromatic N) is 1. The lowest BCUT2D eigenvalue weighted by molar-refractivity contribution is 0.248. The van der Waals surface area contributed by atoms with Crippen molar-refractivity contribution in [2.24, 2.45) is 0 Å². The molecule has 4 heteroatoms. The average Bonchev–Trinajstić information content (AvgIpc) is 2.65. The summed E-state index contributed by atoms with van der Waals surface area (Å²) in [4.78, 5) is 14.5. The van der Waals surface area contributed by atoms with E-state index in [0.29, 0.717) is 12.2 Å². The van der Waals surface area contributed by atoms with E-state index in [0.717, 1.165) is 17.8 Å². The van der Waals surface area contributed by atoms with E-state index in [2.05, 4.69) is 30.4 Å². The standard InChI is InChI=1S/C22H23N3O/c1-17-6-5-7-18(16-17)14-15-24-22(26)25(20-8-3-2-4-9-20)21-12-10-19(23)11-13-21/h2-13,16H,14-15,23H2,1H3,(H,24,26). The Labute approximate surface area is 154 Å². The van der Waals surface area contributed by atoms with Gasteiger partial charge in [-0.25, -0.2) is 4.79 Å². The van der Waals surface area contributed by atoms with E-state index >= 15 is 0 Å². The van der Waals surface area contributed by atoms with Gasteiger partial charge in [0, 0.05) is 12.2 Å². The highest BCUT2D eigenvalue weighted by atomic mass is 16.2. The van der Waals surface area contributed by atoms with Gasteiger partial charge >= 0.3 is 6.03 Å². The number of nitrogens with two attached hydrogens (primary N) is 1. The Balaban J connectivity index is 1.74. The summed E-state index contributed by atoms with van der Waals surface area (Å²) in [5.74, 6) is 0. The van der Waals surface area contributed by atoms with Crippen molar-refractivity contribution in [1.29, 1.82) is 0 Å². The van der Waals surface area contributed by atoms with Crippen LogP contribution in [0.1, 0.15) is 11.1 Å². The summed E-state index contributed by atoms with van der Waals surface area (Å²) in [7, 11) is 0. The topological polar surface area (TPSA) is 58.4 Å². The van der Waals surface area contributed by atoms with Crippen molar-refractivity contribution in [3.8, 4) is 0 Å². The van der Waals surface area contributed by atoms with E-state index in [9.17, 15) is 4.79 Å². The van der Waals surface area contributed by atoms with Gasteiger partial charge in [0.15, 0.2) is 0 Å². The molecule has 2 amide bonds. The van der Waals surface area contributed by atoms with Gasteiger partial charge in [-0.15, -0.1) is 0 Å². The molecule has 0 spiro atoms. The van der Waals surface area contributed by atoms with Gasteiger partial charge in [-0.05, 0) is 55.3 Å². The van der Waals surface area contributed by atoms with Gasteiger partial charge < -0.3 is 11.1 Å². The molecule has 0 atom stereocenters. The van der Waals surface area contributed by atoms with Gasteiger partial charge in [0.2, 0.25) is 0 Å². The summed E-state index contributed by atoms with van der Waals surface area (Å²) >= 11 is 0. The highest BCUT2D eigenvalue weighted by molar-refractivity contribution is 5.99. The van der Waals surface area contributed by atoms with Crippen LogP contribution < -0.4 is 16.0 Å².